The molecule has 2 heterocycles. The van der Waals surface area contributed by atoms with E-state index in [1.54, 1.807) is 17.0 Å². The second-order valence-corrected chi connectivity index (χ2v) is 9.15. The van der Waals surface area contributed by atoms with Crippen LogP contribution in [-0.2, 0) is 34.1 Å². The van der Waals surface area contributed by atoms with Crippen molar-refractivity contribution < 1.29 is 13.2 Å². The van der Waals surface area contributed by atoms with Crippen molar-refractivity contribution >= 4 is 21.6 Å². The van der Waals surface area contributed by atoms with E-state index < -0.39 is 10.0 Å². The van der Waals surface area contributed by atoms with E-state index in [-0.39, 0.29) is 11.9 Å². The van der Waals surface area contributed by atoms with Crippen LogP contribution in [0.1, 0.15) is 36.5 Å². The molecule has 27 heavy (non-hydrogen) atoms. The van der Waals surface area contributed by atoms with Crippen molar-refractivity contribution in [2.24, 2.45) is 0 Å². The lowest BCUT2D eigenvalue weighted by Crippen LogP contribution is -2.34. The molecule has 0 bridgehead atoms. The third-order valence-electron chi connectivity index (χ3n) is 5.40. The number of anilines is 1. The number of carbonyl (C=O) groups excluding carboxylic acids is 1. The number of aryl methyl sites for hydroxylation is 2. The van der Waals surface area contributed by atoms with Crippen LogP contribution in [0.25, 0.3) is 0 Å². The Morgan fingerprint density at radius 3 is 2.52 bits per heavy atom. The molecule has 0 aromatic heterocycles. The third-order valence-corrected chi connectivity index (χ3v) is 6.97. The summed E-state index contributed by atoms with van der Waals surface area (Å²) in [5, 5.41) is 0. The van der Waals surface area contributed by atoms with Crippen molar-refractivity contribution in [2.75, 3.05) is 11.4 Å². The van der Waals surface area contributed by atoms with Gasteiger partial charge in [-0.1, -0.05) is 30.3 Å². The number of nitrogens with one attached hydrogen (secondary N) is 1. The molecule has 1 atom stereocenters. The predicted molar refractivity (Wildman–Crippen MR) is 105 cm³/mol. The Bertz CT molecular complexity index is 970. The lowest BCUT2D eigenvalue weighted by molar-refractivity contribution is -0.118. The summed E-state index contributed by atoms with van der Waals surface area (Å²) in [6.45, 7) is 2.56. The quantitative estimate of drug-likeness (QED) is 0.833. The SMILES string of the molecule is C[C@H](CCc1ccccc1)NS(=O)(=O)c1cc2c3c(c1)CCN3C(=O)CC2. The van der Waals surface area contributed by atoms with Crippen LogP contribution in [0.5, 0.6) is 0 Å². The van der Waals surface area contributed by atoms with Gasteiger partial charge in [-0.05, 0) is 61.4 Å². The monoisotopic (exact) mass is 384 g/mol. The molecule has 6 heteroatoms. The Kier molecular flexibility index (Phi) is 4.78. The molecule has 1 amide bonds. The second kappa shape index (κ2) is 7.09. The van der Waals surface area contributed by atoms with E-state index in [2.05, 4.69) is 16.9 Å². The summed E-state index contributed by atoms with van der Waals surface area (Å²) < 4.78 is 28.6. The van der Waals surface area contributed by atoms with Gasteiger partial charge in [-0.15, -0.1) is 0 Å². The molecule has 142 valence electrons. The van der Waals surface area contributed by atoms with E-state index in [4.69, 9.17) is 0 Å². The summed E-state index contributed by atoms with van der Waals surface area (Å²) in [5.41, 5.74) is 4.09. The van der Waals surface area contributed by atoms with Gasteiger partial charge in [0, 0.05) is 19.0 Å². The van der Waals surface area contributed by atoms with Crippen molar-refractivity contribution in [3.05, 3.63) is 59.2 Å². The van der Waals surface area contributed by atoms with Crippen LogP contribution in [0.15, 0.2) is 47.4 Å². The van der Waals surface area contributed by atoms with Crippen molar-refractivity contribution in [2.45, 2.75) is 50.0 Å². The number of hydrogen-bond donors (Lipinski definition) is 1. The van der Waals surface area contributed by atoms with Gasteiger partial charge in [0.25, 0.3) is 0 Å². The van der Waals surface area contributed by atoms with E-state index in [0.29, 0.717) is 24.3 Å². The van der Waals surface area contributed by atoms with Gasteiger partial charge >= 0.3 is 0 Å². The van der Waals surface area contributed by atoms with Crippen molar-refractivity contribution in [1.82, 2.24) is 4.72 Å². The summed E-state index contributed by atoms with van der Waals surface area (Å²) in [6.07, 6.45) is 3.36. The molecular formula is C21H24N2O3S. The van der Waals surface area contributed by atoms with Crippen LogP contribution in [0.4, 0.5) is 5.69 Å². The summed E-state index contributed by atoms with van der Waals surface area (Å²) in [7, 11) is -3.58. The second-order valence-electron chi connectivity index (χ2n) is 7.43. The van der Waals surface area contributed by atoms with Crippen molar-refractivity contribution in [1.29, 1.82) is 0 Å². The topological polar surface area (TPSA) is 66.5 Å². The van der Waals surface area contributed by atoms with Gasteiger partial charge in [0.1, 0.15) is 0 Å². The van der Waals surface area contributed by atoms with Gasteiger partial charge in [-0.3, -0.25) is 4.79 Å². The minimum atomic E-state index is -3.58. The van der Waals surface area contributed by atoms with Crippen LogP contribution in [0.3, 0.4) is 0 Å². The zero-order chi connectivity index (χ0) is 19.0. The van der Waals surface area contributed by atoms with Crippen LogP contribution in [0, 0.1) is 0 Å². The molecule has 2 aromatic rings. The number of sulfonamides is 1. The molecule has 2 aromatic carbocycles. The maximum absolute atomic E-state index is 12.9. The summed E-state index contributed by atoms with van der Waals surface area (Å²) >= 11 is 0. The molecule has 4 rings (SSSR count). The molecule has 0 spiro atoms. The van der Waals surface area contributed by atoms with E-state index in [9.17, 15) is 13.2 Å². The minimum Gasteiger partial charge on any atom is -0.312 e. The van der Waals surface area contributed by atoms with Crippen LogP contribution in [-0.4, -0.2) is 26.9 Å². The van der Waals surface area contributed by atoms with E-state index in [1.807, 2.05) is 25.1 Å². The summed E-state index contributed by atoms with van der Waals surface area (Å²) in [6, 6.07) is 13.4. The molecule has 2 aliphatic rings. The fourth-order valence-electron chi connectivity index (χ4n) is 4.00. The number of nitrogens with zero attached hydrogens (tertiary/aromatic N) is 1. The van der Waals surface area contributed by atoms with Crippen LogP contribution in [0.2, 0.25) is 0 Å². The van der Waals surface area contributed by atoms with Gasteiger partial charge in [0.15, 0.2) is 0 Å². The maximum atomic E-state index is 12.9. The Morgan fingerprint density at radius 1 is 1.07 bits per heavy atom. The van der Waals surface area contributed by atoms with Gasteiger partial charge in [-0.25, -0.2) is 13.1 Å². The first kappa shape index (κ1) is 18.2. The molecule has 1 N–H and O–H groups in total. The van der Waals surface area contributed by atoms with Gasteiger partial charge < -0.3 is 4.90 Å². The smallest absolute Gasteiger partial charge is 0.240 e. The molecule has 5 nitrogen and oxygen atoms in total. The van der Waals surface area contributed by atoms with E-state index in [0.717, 1.165) is 36.1 Å². The zero-order valence-corrected chi connectivity index (χ0v) is 16.3. The average molecular weight is 385 g/mol. The molecule has 0 aliphatic carbocycles. The Hall–Kier alpha value is -2.18. The zero-order valence-electron chi connectivity index (χ0n) is 15.4. The molecule has 0 unspecified atom stereocenters. The van der Waals surface area contributed by atoms with Crippen molar-refractivity contribution in [3.63, 3.8) is 0 Å². The normalized spacial score (nSPS) is 17.1. The predicted octanol–water partition coefficient (Wildman–Crippen LogP) is 2.82. The lowest BCUT2D eigenvalue weighted by Gasteiger charge is -2.26. The number of hydrogen-bond acceptors (Lipinski definition) is 3. The highest BCUT2D eigenvalue weighted by Crippen LogP contribution is 2.38. The molecule has 0 fully saturated rings. The fraction of sp³-hybridized carbons (Fsp3) is 0.381. The Balaban J connectivity index is 1.50. The summed E-state index contributed by atoms with van der Waals surface area (Å²) in [4.78, 5) is 14.2. The van der Waals surface area contributed by atoms with Gasteiger partial charge in [0.2, 0.25) is 15.9 Å². The maximum Gasteiger partial charge on any atom is 0.240 e. The first-order valence-electron chi connectivity index (χ1n) is 9.46. The molecule has 2 aliphatic heterocycles. The van der Waals surface area contributed by atoms with Crippen molar-refractivity contribution in [3.8, 4) is 0 Å². The largest absolute Gasteiger partial charge is 0.312 e. The number of carbonyl (C=O) groups is 1. The Labute approximate surface area is 160 Å². The van der Waals surface area contributed by atoms with Gasteiger partial charge in [0.05, 0.1) is 10.6 Å². The average Bonchev–Trinajstić information content (AvgIpc) is 3.09. The fourth-order valence-corrected chi connectivity index (χ4v) is 5.38. The minimum absolute atomic E-state index is 0.143. The molecule has 0 saturated carbocycles. The first-order chi connectivity index (χ1) is 12.9. The number of benzene rings is 2. The third kappa shape index (κ3) is 3.64. The number of rotatable bonds is 6. The van der Waals surface area contributed by atoms with E-state index in [1.165, 1.54) is 5.56 Å². The van der Waals surface area contributed by atoms with E-state index >= 15 is 0 Å². The Morgan fingerprint density at radius 2 is 1.78 bits per heavy atom. The van der Waals surface area contributed by atoms with Gasteiger partial charge in [-0.2, -0.15) is 0 Å². The summed E-state index contributed by atoms with van der Waals surface area (Å²) in [5.74, 6) is 0.143. The molecule has 0 saturated heterocycles. The highest BCUT2D eigenvalue weighted by Gasteiger charge is 2.33. The highest BCUT2D eigenvalue weighted by atomic mass is 32.2. The molecule has 0 radical (unpaired) electrons. The first-order valence-corrected chi connectivity index (χ1v) is 10.9. The van der Waals surface area contributed by atoms with Crippen LogP contribution >= 0.6 is 0 Å². The number of amides is 1. The highest BCUT2D eigenvalue weighted by molar-refractivity contribution is 7.89. The lowest BCUT2D eigenvalue weighted by atomic mass is 10.00. The molecular weight excluding hydrogens is 360 g/mol. The standard InChI is InChI=1S/C21H24N2O3S/c1-15(7-8-16-5-3-2-4-6-16)22-27(25,26)19-13-17-9-10-20(24)23-12-11-18(14-19)21(17)23/h2-6,13-15,22H,7-12H2,1H3/t15-/m1/s1. The van der Waals surface area contributed by atoms with Crippen LogP contribution < -0.4 is 9.62 Å².